The van der Waals surface area contributed by atoms with Crippen molar-refractivity contribution < 1.29 is 4.74 Å². The van der Waals surface area contributed by atoms with Gasteiger partial charge < -0.3 is 10.5 Å². The van der Waals surface area contributed by atoms with Crippen molar-refractivity contribution in [3.63, 3.8) is 0 Å². The predicted octanol–water partition coefficient (Wildman–Crippen LogP) is 1.56. The number of nitrogens with zero attached hydrogens (tertiary/aromatic N) is 3. The van der Waals surface area contributed by atoms with Crippen LogP contribution >= 0.6 is 0 Å². The molecule has 1 aromatic carbocycles. The lowest BCUT2D eigenvalue weighted by atomic mass is 10.2. The maximum atomic E-state index is 5.47. The van der Waals surface area contributed by atoms with Crippen molar-refractivity contribution in [2.24, 2.45) is 5.73 Å². The molecule has 96 valence electrons. The van der Waals surface area contributed by atoms with Crippen LogP contribution in [0.1, 0.15) is 19.0 Å². The summed E-state index contributed by atoms with van der Waals surface area (Å²) in [6.07, 6.45) is 3.74. The Morgan fingerprint density at radius 2 is 2.06 bits per heavy atom. The number of hydrogen-bond donors (Lipinski definition) is 1. The number of aromatic nitrogens is 3. The highest BCUT2D eigenvalue weighted by Gasteiger charge is 2.02. The smallest absolute Gasteiger partial charge is 0.119 e. The van der Waals surface area contributed by atoms with E-state index in [1.165, 1.54) is 0 Å². The highest BCUT2D eigenvalue weighted by molar-refractivity contribution is 5.36. The van der Waals surface area contributed by atoms with E-state index in [0.717, 1.165) is 30.0 Å². The standard InChI is InChI=1S/C13H18N4O/c1-2-18-13-7-5-12(6-8-13)17-10-11(15-16-17)4-3-9-14/h5-8,10H,2-4,9,14H2,1H3. The van der Waals surface area contributed by atoms with Crippen LogP contribution in [0.3, 0.4) is 0 Å². The number of aryl methyl sites for hydroxylation is 1. The number of ether oxygens (including phenoxy) is 1. The Bertz CT molecular complexity index is 478. The minimum absolute atomic E-state index is 0.673. The van der Waals surface area contributed by atoms with Gasteiger partial charge in [-0.3, -0.25) is 0 Å². The molecule has 2 rings (SSSR count). The summed E-state index contributed by atoms with van der Waals surface area (Å²) >= 11 is 0. The third-order valence-electron chi connectivity index (χ3n) is 2.59. The monoisotopic (exact) mass is 246 g/mol. The Kier molecular flexibility index (Phi) is 4.30. The number of benzene rings is 1. The van der Waals surface area contributed by atoms with Gasteiger partial charge in [-0.15, -0.1) is 5.10 Å². The van der Waals surface area contributed by atoms with Crippen LogP contribution in [-0.4, -0.2) is 28.1 Å². The van der Waals surface area contributed by atoms with Gasteiger partial charge in [0.25, 0.3) is 0 Å². The molecule has 0 spiro atoms. The van der Waals surface area contributed by atoms with Crippen molar-refractivity contribution in [3.8, 4) is 11.4 Å². The van der Waals surface area contributed by atoms with E-state index in [1.807, 2.05) is 37.4 Å². The van der Waals surface area contributed by atoms with Crippen molar-refractivity contribution in [1.82, 2.24) is 15.0 Å². The summed E-state index contributed by atoms with van der Waals surface area (Å²) in [6, 6.07) is 7.79. The van der Waals surface area contributed by atoms with Gasteiger partial charge in [0, 0.05) is 0 Å². The van der Waals surface area contributed by atoms with Crippen LogP contribution in [-0.2, 0) is 6.42 Å². The number of hydrogen-bond acceptors (Lipinski definition) is 4. The molecule has 2 N–H and O–H groups in total. The first-order valence-corrected chi connectivity index (χ1v) is 6.18. The van der Waals surface area contributed by atoms with E-state index in [1.54, 1.807) is 4.68 Å². The molecule has 0 unspecified atom stereocenters. The molecule has 0 fully saturated rings. The first-order chi connectivity index (χ1) is 8.83. The van der Waals surface area contributed by atoms with Gasteiger partial charge in [-0.05, 0) is 50.6 Å². The fourth-order valence-electron chi connectivity index (χ4n) is 1.68. The van der Waals surface area contributed by atoms with Crippen LogP contribution < -0.4 is 10.5 Å². The summed E-state index contributed by atoms with van der Waals surface area (Å²) in [5.74, 6) is 0.865. The van der Waals surface area contributed by atoms with Gasteiger partial charge in [0.05, 0.1) is 24.2 Å². The Labute approximate surface area is 107 Å². The highest BCUT2D eigenvalue weighted by Crippen LogP contribution is 2.14. The summed E-state index contributed by atoms with van der Waals surface area (Å²) in [5, 5.41) is 8.22. The number of nitrogens with two attached hydrogens (primary N) is 1. The van der Waals surface area contributed by atoms with Crippen LogP contribution in [0.4, 0.5) is 0 Å². The summed E-state index contributed by atoms with van der Waals surface area (Å²) in [6.45, 7) is 3.32. The van der Waals surface area contributed by atoms with Gasteiger partial charge in [0.2, 0.25) is 0 Å². The van der Waals surface area contributed by atoms with Gasteiger partial charge in [0.15, 0.2) is 0 Å². The van der Waals surface area contributed by atoms with E-state index >= 15 is 0 Å². The summed E-state index contributed by atoms with van der Waals surface area (Å²) in [4.78, 5) is 0. The molecule has 0 amide bonds. The molecular weight excluding hydrogens is 228 g/mol. The molecule has 1 heterocycles. The van der Waals surface area contributed by atoms with E-state index in [2.05, 4.69) is 10.3 Å². The van der Waals surface area contributed by atoms with Crippen molar-refractivity contribution in [2.45, 2.75) is 19.8 Å². The summed E-state index contributed by atoms with van der Waals surface area (Å²) in [7, 11) is 0. The molecule has 2 aromatic rings. The molecule has 0 aliphatic heterocycles. The quantitative estimate of drug-likeness (QED) is 0.840. The van der Waals surface area contributed by atoms with Crippen molar-refractivity contribution in [1.29, 1.82) is 0 Å². The van der Waals surface area contributed by atoms with E-state index in [4.69, 9.17) is 10.5 Å². The topological polar surface area (TPSA) is 66.0 Å². The average Bonchev–Trinajstić information content (AvgIpc) is 2.86. The van der Waals surface area contributed by atoms with Gasteiger partial charge in [0.1, 0.15) is 5.75 Å². The predicted molar refractivity (Wildman–Crippen MR) is 69.9 cm³/mol. The van der Waals surface area contributed by atoms with Crippen LogP contribution in [0, 0.1) is 0 Å². The third-order valence-corrected chi connectivity index (χ3v) is 2.59. The summed E-state index contributed by atoms with van der Waals surface area (Å²) < 4.78 is 7.16. The van der Waals surface area contributed by atoms with Crippen molar-refractivity contribution in [3.05, 3.63) is 36.2 Å². The molecule has 0 radical (unpaired) electrons. The molecule has 1 aromatic heterocycles. The second kappa shape index (κ2) is 6.16. The lowest BCUT2D eigenvalue weighted by molar-refractivity contribution is 0.340. The first-order valence-electron chi connectivity index (χ1n) is 6.18. The lowest BCUT2D eigenvalue weighted by Gasteiger charge is -2.04. The normalized spacial score (nSPS) is 10.6. The molecule has 18 heavy (non-hydrogen) atoms. The minimum atomic E-state index is 0.673. The zero-order valence-electron chi connectivity index (χ0n) is 10.5. The fourth-order valence-corrected chi connectivity index (χ4v) is 1.68. The third kappa shape index (κ3) is 3.07. The minimum Gasteiger partial charge on any atom is -0.494 e. The molecule has 5 heteroatoms. The van der Waals surface area contributed by atoms with Gasteiger partial charge in [-0.1, -0.05) is 5.21 Å². The van der Waals surface area contributed by atoms with Gasteiger partial charge in [-0.2, -0.15) is 0 Å². The van der Waals surface area contributed by atoms with Crippen LogP contribution in [0.25, 0.3) is 5.69 Å². The molecular formula is C13H18N4O. The zero-order chi connectivity index (χ0) is 12.8. The van der Waals surface area contributed by atoms with E-state index in [-0.39, 0.29) is 0 Å². The lowest BCUT2D eigenvalue weighted by Crippen LogP contribution is -2.00. The Balaban J connectivity index is 2.08. The number of rotatable bonds is 6. The summed E-state index contributed by atoms with van der Waals surface area (Å²) in [5.41, 5.74) is 7.41. The molecule has 0 bridgehead atoms. The fraction of sp³-hybridized carbons (Fsp3) is 0.385. The van der Waals surface area contributed by atoms with Crippen LogP contribution in [0.15, 0.2) is 30.5 Å². The largest absolute Gasteiger partial charge is 0.494 e. The Morgan fingerprint density at radius 1 is 1.28 bits per heavy atom. The second-order valence-corrected chi connectivity index (χ2v) is 3.97. The molecule has 0 saturated heterocycles. The van der Waals surface area contributed by atoms with Crippen LogP contribution in [0.2, 0.25) is 0 Å². The first kappa shape index (κ1) is 12.6. The Hall–Kier alpha value is -1.88. The maximum absolute atomic E-state index is 5.47. The molecule has 0 atom stereocenters. The van der Waals surface area contributed by atoms with E-state index < -0.39 is 0 Å². The molecule has 0 aliphatic rings. The zero-order valence-corrected chi connectivity index (χ0v) is 10.5. The van der Waals surface area contributed by atoms with Crippen molar-refractivity contribution >= 4 is 0 Å². The average molecular weight is 246 g/mol. The van der Waals surface area contributed by atoms with E-state index in [0.29, 0.717) is 13.2 Å². The van der Waals surface area contributed by atoms with Gasteiger partial charge >= 0.3 is 0 Å². The molecule has 0 aliphatic carbocycles. The Morgan fingerprint density at radius 3 is 2.72 bits per heavy atom. The SMILES string of the molecule is CCOc1ccc(-n2cc(CCCN)nn2)cc1. The van der Waals surface area contributed by atoms with Gasteiger partial charge in [-0.25, -0.2) is 4.68 Å². The van der Waals surface area contributed by atoms with E-state index in [9.17, 15) is 0 Å². The van der Waals surface area contributed by atoms with Crippen molar-refractivity contribution in [2.75, 3.05) is 13.2 Å². The second-order valence-electron chi connectivity index (χ2n) is 3.97. The molecule has 5 nitrogen and oxygen atoms in total. The molecule has 0 saturated carbocycles. The highest BCUT2D eigenvalue weighted by atomic mass is 16.5. The van der Waals surface area contributed by atoms with Crippen LogP contribution in [0.5, 0.6) is 5.75 Å². The maximum Gasteiger partial charge on any atom is 0.119 e.